The number of fused-ring (bicyclic) bond motifs is 2. The molecule has 2 atom stereocenters. The smallest absolute Gasteiger partial charge is 0.213 e. The lowest BCUT2D eigenvalue weighted by molar-refractivity contribution is -0.0702. The number of rotatable bonds is 4. The molecule has 0 amide bonds. The molecular weight excluding hydrogens is 268 g/mol. The topological polar surface area (TPSA) is 51.7 Å². The van der Waals surface area contributed by atoms with Crippen molar-refractivity contribution in [3.63, 3.8) is 0 Å². The van der Waals surface area contributed by atoms with E-state index in [9.17, 15) is 4.79 Å². The largest absolute Gasteiger partial charge is 0.478 e. The first-order chi connectivity index (χ1) is 10.2. The average molecular weight is 290 g/mol. The van der Waals surface area contributed by atoms with Gasteiger partial charge in [-0.2, -0.15) is 0 Å². The molecule has 2 aliphatic rings. The van der Waals surface area contributed by atoms with E-state index >= 15 is 0 Å². The van der Waals surface area contributed by atoms with Crippen LogP contribution in [0.2, 0.25) is 0 Å². The number of hydrogen-bond donors (Lipinski definition) is 0. The van der Waals surface area contributed by atoms with Crippen LogP contribution in [-0.2, 0) is 4.74 Å². The maximum Gasteiger partial charge on any atom is 0.213 e. The zero-order valence-electron chi connectivity index (χ0n) is 12.6. The molecule has 5 nitrogen and oxygen atoms in total. The van der Waals surface area contributed by atoms with Gasteiger partial charge in [0.15, 0.2) is 5.78 Å². The molecule has 0 aromatic carbocycles. The molecule has 0 spiro atoms. The van der Waals surface area contributed by atoms with Crippen molar-refractivity contribution >= 4 is 5.78 Å². The molecule has 2 unspecified atom stereocenters. The summed E-state index contributed by atoms with van der Waals surface area (Å²) in [5.41, 5.74) is 0.687. The van der Waals surface area contributed by atoms with Gasteiger partial charge in [0.25, 0.3) is 0 Å². The van der Waals surface area contributed by atoms with E-state index in [1.54, 1.807) is 12.3 Å². The summed E-state index contributed by atoms with van der Waals surface area (Å²) in [5, 5.41) is 0. The van der Waals surface area contributed by atoms with E-state index < -0.39 is 0 Å². The number of likely N-dealkylation sites (N-methyl/N-ethyl adjacent to an activating group) is 1. The van der Waals surface area contributed by atoms with Gasteiger partial charge in [-0.1, -0.05) is 0 Å². The maximum absolute atomic E-state index is 12.7. The predicted molar refractivity (Wildman–Crippen MR) is 78.6 cm³/mol. The number of ketones is 1. The van der Waals surface area contributed by atoms with E-state index in [1.165, 1.54) is 0 Å². The zero-order chi connectivity index (χ0) is 14.8. The van der Waals surface area contributed by atoms with Crippen molar-refractivity contribution in [3.8, 4) is 5.88 Å². The fourth-order valence-corrected chi connectivity index (χ4v) is 3.30. The van der Waals surface area contributed by atoms with E-state index in [4.69, 9.17) is 9.47 Å². The average Bonchev–Trinajstić information content (AvgIpc) is 2.47. The summed E-state index contributed by atoms with van der Waals surface area (Å²) < 4.78 is 10.9. The number of carbonyl (C=O) groups excluding carboxylic acids is 1. The summed E-state index contributed by atoms with van der Waals surface area (Å²) in [6.07, 6.45) is 3.38. The Bertz CT molecular complexity index is 489. The number of Topliss-reactive ketones (excluding diaryl/α,β-unsaturated/α-hetero) is 1. The molecule has 2 fully saturated rings. The van der Waals surface area contributed by atoms with Crippen molar-refractivity contribution in [1.29, 1.82) is 0 Å². The normalized spacial score (nSPS) is 29.1. The molecule has 2 saturated heterocycles. The van der Waals surface area contributed by atoms with Gasteiger partial charge in [-0.15, -0.1) is 0 Å². The van der Waals surface area contributed by atoms with E-state index in [0.717, 1.165) is 26.1 Å². The zero-order valence-corrected chi connectivity index (χ0v) is 12.6. The highest BCUT2D eigenvalue weighted by Crippen LogP contribution is 2.32. The van der Waals surface area contributed by atoms with Crippen molar-refractivity contribution in [2.75, 3.05) is 26.9 Å². The lowest BCUT2D eigenvalue weighted by atomic mass is 9.81. The molecule has 0 aliphatic carbocycles. The van der Waals surface area contributed by atoms with Crippen molar-refractivity contribution in [3.05, 3.63) is 23.9 Å². The SMILES string of the molecule is CCOc1ccc(C(=O)C2CC3COCC(C2)N3C)cn1. The van der Waals surface area contributed by atoms with Gasteiger partial charge in [0.05, 0.1) is 19.8 Å². The third kappa shape index (κ3) is 2.94. The van der Waals surface area contributed by atoms with Crippen LogP contribution in [0.5, 0.6) is 5.88 Å². The van der Waals surface area contributed by atoms with E-state index in [1.807, 2.05) is 13.0 Å². The number of morpholine rings is 1. The predicted octanol–water partition coefficient (Wildman–Crippen LogP) is 1.77. The molecule has 1 aromatic heterocycles. The lowest BCUT2D eigenvalue weighted by Gasteiger charge is -2.46. The van der Waals surface area contributed by atoms with Crippen LogP contribution in [0.1, 0.15) is 30.1 Å². The van der Waals surface area contributed by atoms with Crippen LogP contribution in [0.15, 0.2) is 18.3 Å². The summed E-state index contributed by atoms with van der Waals surface area (Å²) in [5.74, 6) is 0.859. The van der Waals surface area contributed by atoms with Crippen LogP contribution in [-0.4, -0.2) is 54.6 Å². The molecule has 1 aromatic rings. The summed E-state index contributed by atoms with van der Waals surface area (Å²) >= 11 is 0. The lowest BCUT2D eigenvalue weighted by Crippen LogP contribution is -2.55. The van der Waals surface area contributed by atoms with Gasteiger partial charge in [-0.3, -0.25) is 9.69 Å². The fourth-order valence-electron chi connectivity index (χ4n) is 3.30. The third-order valence-electron chi connectivity index (χ3n) is 4.57. The Morgan fingerprint density at radius 1 is 1.38 bits per heavy atom. The Kier molecular flexibility index (Phi) is 4.22. The molecule has 2 bridgehead atoms. The second-order valence-electron chi connectivity index (χ2n) is 5.86. The highest BCUT2D eigenvalue weighted by atomic mass is 16.5. The van der Waals surface area contributed by atoms with Gasteiger partial charge in [-0.05, 0) is 32.9 Å². The highest BCUT2D eigenvalue weighted by molar-refractivity contribution is 5.97. The van der Waals surface area contributed by atoms with E-state index in [0.29, 0.717) is 30.1 Å². The van der Waals surface area contributed by atoms with Gasteiger partial charge in [0, 0.05) is 35.8 Å². The molecule has 3 heterocycles. The second kappa shape index (κ2) is 6.12. The molecule has 0 radical (unpaired) electrons. The first-order valence-electron chi connectivity index (χ1n) is 7.61. The first kappa shape index (κ1) is 14.5. The van der Waals surface area contributed by atoms with Crippen LogP contribution in [0.3, 0.4) is 0 Å². The summed E-state index contributed by atoms with van der Waals surface area (Å²) in [4.78, 5) is 19.2. The van der Waals surface area contributed by atoms with Crippen molar-refractivity contribution in [2.24, 2.45) is 5.92 Å². The monoisotopic (exact) mass is 290 g/mol. The molecule has 2 aliphatic heterocycles. The van der Waals surface area contributed by atoms with Gasteiger partial charge >= 0.3 is 0 Å². The van der Waals surface area contributed by atoms with Crippen molar-refractivity contribution in [1.82, 2.24) is 9.88 Å². The Morgan fingerprint density at radius 2 is 2.10 bits per heavy atom. The minimum absolute atomic E-state index is 0.0832. The van der Waals surface area contributed by atoms with Crippen LogP contribution < -0.4 is 4.74 Å². The van der Waals surface area contributed by atoms with Gasteiger partial charge in [0.2, 0.25) is 5.88 Å². The summed E-state index contributed by atoms with van der Waals surface area (Å²) in [7, 11) is 2.14. The van der Waals surface area contributed by atoms with E-state index in [2.05, 4.69) is 16.9 Å². The minimum Gasteiger partial charge on any atom is -0.478 e. The Labute approximate surface area is 125 Å². The van der Waals surface area contributed by atoms with Gasteiger partial charge < -0.3 is 9.47 Å². The molecule has 0 saturated carbocycles. The fraction of sp³-hybridized carbons (Fsp3) is 0.625. The summed E-state index contributed by atoms with van der Waals surface area (Å²) in [6.45, 7) is 3.97. The number of hydrogen-bond acceptors (Lipinski definition) is 5. The first-order valence-corrected chi connectivity index (χ1v) is 7.61. The minimum atomic E-state index is 0.0832. The number of nitrogens with zero attached hydrogens (tertiary/aromatic N) is 2. The Morgan fingerprint density at radius 3 is 2.67 bits per heavy atom. The maximum atomic E-state index is 12.7. The Balaban J connectivity index is 1.70. The van der Waals surface area contributed by atoms with E-state index in [-0.39, 0.29) is 11.7 Å². The molecule has 0 N–H and O–H groups in total. The molecule has 5 heteroatoms. The molecule has 114 valence electrons. The second-order valence-corrected chi connectivity index (χ2v) is 5.86. The third-order valence-corrected chi connectivity index (χ3v) is 4.57. The van der Waals surface area contributed by atoms with Gasteiger partial charge in [-0.25, -0.2) is 4.98 Å². The van der Waals surface area contributed by atoms with Crippen LogP contribution in [0, 0.1) is 5.92 Å². The Hall–Kier alpha value is -1.46. The van der Waals surface area contributed by atoms with Gasteiger partial charge in [0.1, 0.15) is 0 Å². The number of aromatic nitrogens is 1. The molecular formula is C16H22N2O3. The highest BCUT2D eigenvalue weighted by Gasteiger charge is 2.39. The number of pyridine rings is 1. The number of piperidine rings is 1. The molecule has 3 rings (SSSR count). The van der Waals surface area contributed by atoms with Crippen molar-refractivity contribution < 1.29 is 14.3 Å². The number of ether oxygens (including phenoxy) is 2. The summed E-state index contributed by atoms with van der Waals surface area (Å²) in [6, 6.07) is 4.32. The van der Waals surface area contributed by atoms with Crippen LogP contribution in [0.4, 0.5) is 0 Å². The van der Waals surface area contributed by atoms with Crippen molar-refractivity contribution in [2.45, 2.75) is 31.8 Å². The quantitative estimate of drug-likeness (QED) is 0.791. The standard InChI is InChI=1S/C16H22N2O3/c1-3-21-15-5-4-11(8-17-15)16(19)12-6-13-9-20-10-14(7-12)18(13)2/h4-5,8,12-14H,3,6-7,9-10H2,1-2H3. The molecule has 21 heavy (non-hydrogen) atoms. The number of carbonyl (C=O) groups is 1. The van der Waals surface area contributed by atoms with Crippen LogP contribution in [0.25, 0.3) is 0 Å². The van der Waals surface area contributed by atoms with Crippen LogP contribution >= 0.6 is 0 Å².